The Bertz CT molecular complexity index is 1620. The molecule has 5 N–H and O–H groups in total. The van der Waals surface area contributed by atoms with E-state index in [9.17, 15) is 9.18 Å². The summed E-state index contributed by atoms with van der Waals surface area (Å²) in [5.74, 6) is -0.438. The minimum atomic E-state index is -0.761. The van der Waals surface area contributed by atoms with Crippen LogP contribution in [0.15, 0.2) is 66.7 Å². The molecule has 0 saturated heterocycles. The van der Waals surface area contributed by atoms with Crippen molar-refractivity contribution in [1.82, 2.24) is 25.5 Å². The number of hydrogen-bond acceptors (Lipinski definition) is 5. The molecule has 178 valence electrons. The maximum atomic E-state index is 14.1. The monoisotopic (exact) mass is 499 g/mol. The minimum absolute atomic E-state index is 0.0877. The number of carbonyl (C=O) groups is 1. The van der Waals surface area contributed by atoms with E-state index in [2.05, 4.69) is 20.5 Å². The van der Waals surface area contributed by atoms with Crippen molar-refractivity contribution in [2.24, 2.45) is 0 Å². The molecule has 0 saturated carbocycles. The molecule has 1 amide bonds. The highest BCUT2D eigenvalue weighted by molar-refractivity contribution is 6.32. The van der Waals surface area contributed by atoms with Gasteiger partial charge >= 0.3 is 0 Å². The van der Waals surface area contributed by atoms with Crippen molar-refractivity contribution < 1.29 is 9.18 Å². The van der Waals surface area contributed by atoms with Crippen molar-refractivity contribution in [2.45, 2.75) is 12.5 Å². The number of hydrogen-bond donors (Lipinski definition) is 4. The number of rotatable bonds is 6. The molecular weight excluding hydrogens is 481 g/mol. The second-order valence-electron chi connectivity index (χ2n) is 8.18. The Kier molecular flexibility index (Phi) is 6.10. The number of nitrogens with two attached hydrogens (primary N) is 1. The highest BCUT2D eigenvalue weighted by atomic mass is 35.5. The molecule has 0 aliphatic carbocycles. The molecular formula is C26H19ClFN7O. The van der Waals surface area contributed by atoms with Crippen LogP contribution in [0, 0.1) is 17.1 Å². The van der Waals surface area contributed by atoms with Crippen LogP contribution in [0.3, 0.4) is 0 Å². The number of H-pyrrole nitrogens is 2. The number of fused-ring (bicyclic) bond motifs is 1. The molecule has 0 spiro atoms. The number of imidazole rings is 1. The summed E-state index contributed by atoms with van der Waals surface area (Å²) in [5, 5.41) is 19.8. The molecule has 0 aliphatic rings. The zero-order chi connectivity index (χ0) is 25.2. The van der Waals surface area contributed by atoms with Crippen LogP contribution in [0.25, 0.3) is 22.2 Å². The predicted octanol–water partition coefficient (Wildman–Crippen LogP) is 4.91. The summed E-state index contributed by atoms with van der Waals surface area (Å²) in [6, 6.07) is 19.9. The highest BCUT2D eigenvalue weighted by Crippen LogP contribution is 2.31. The van der Waals surface area contributed by atoms with Gasteiger partial charge in [-0.05, 0) is 42.3 Å². The van der Waals surface area contributed by atoms with Gasteiger partial charge < -0.3 is 16.0 Å². The van der Waals surface area contributed by atoms with Gasteiger partial charge in [-0.3, -0.25) is 9.89 Å². The summed E-state index contributed by atoms with van der Waals surface area (Å²) in [6.45, 7) is 0. The number of nitriles is 1. The average Bonchev–Trinajstić information content (AvgIpc) is 3.46. The number of aromatic amines is 2. The van der Waals surface area contributed by atoms with Crippen LogP contribution in [-0.2, 0) is 6.42 Å². The van der Waals surface area contributed by atoms with Gasteiger partial charge in [0.1, 0.15) is 28.6 Å². The van der Waals surface area contributed by atoms with Crippen molar-refractivity contribution in [3.8, 4) is 17.3 Å². The molecule has 8 nitrogen and oxygen atoms in total. The summed E-state index contributed by atoms with van der Waals surface area (Å²) < 4.78 is 14.1. The molecule has 5 aromatic rings. The number of nitrogen functional groups attached to an aromatic ring is 1. The lowest BCUT2D eigenvalue weighted by atomic mass is 10.0. The molecule has 2 heterocycles. The van der Waals surface area contributed by atoms with Gasteiger partial charge in [-0.2, -0.15) is 10.4 Å². The summed E-state index contributed by atoms with van der Waals surface area (Å²) >= 11 is 6.53. The molecule has 5 rings (SSSR count). The van der Waals surface area contributed by atoms with E-state index in [0.29, 0.717) is 28.9 Å². The first-order valence-corrected chi connectivity index (χ1v) is 11.3. The van der Waals surface area contributed by atoms with E-state index in [-0.39, 0.29) is 11.1 Å². The molecule has 0 fully saturated rings. The Balaban J connectivity index is 1.49. The molecule has 36 heavy (non-hydrogen) atoms. The third kappa shape index (κ3) is 4.50. The topological polar surface area (TPSA) is 136 Å². The second kappa shape index (κ2) is 9.52. The molecule has 0 bridgehead atoms. The molecule has 0 radical (unpaired) electrons. The van der Waals surface area contributed by atoms with E-state index in [4.69, 9.17) is 27.6 Å². The van der Waals surface area contributed by atoms with Crippen LogP contribution in [0.2, 0.25) is 5.15 Å². The largest absolute Gasteiger partial charge is 0.382 e. The summed E-state index contributed by atoms with van der Waals surface area (Å²) in [7, 11) is 0. The fourth-order valence-corrected chi connectivity index (χ4v) is 4.22. The van der Waals surface area contributed by atoms with Gasteiger partial charge in [-0.25, -0.2) is 9.37 Å². The lowest BCUT2D eigenvalue weighted by Crippen LogP contribution is -2.31. The maximum absolute atomic E-state index is 14.1. The molecule has 2 aromatic heterocycles. The average molecular weight is 500 g/mol. The summed E-state index contributed by atoms with van der Waals surface area (Å²) in [5.41, 5.74) is 8.74. The number of benzene rings is 3. The van der Waals surface area contributed by atoms with E-state index < -0.39 is 17.8 Å². The third-order valence-electron chi connectivity index (χ3n) is 5.81. The van der Waals surface area contributed by atoms with E-state index in [1.165, 1.54) is 12.1 Å². The van der Waals surface area contributed by atoms with Crippen molar-refractivity contribution in [3.05, 3.63) is 100 Å². The first kappa shape index (κ1) is 23.1. The van der Waals surface area contributed by atoms with Crippen LogP contribution in [0.5, 0.6) is 0 Å². The standard InChI is InChI=1S/C26H19ClFN7O/c27-23-22(15-8-9-18-20(12-15)34-35-24(18)30)32-25(33-23)21(10-14-4-2-1-3-5-14)31-26(36)16-6-7-17(13-29)19(28)11-16/h1-9,11-12,21H,10H2,(H,31,36)(H,32,33)(H3,30,34,35). The fraction of sp³-hybridized carbons (Fsp3) is 0.0769. The number of aromatic nitrogens is 4. The van der Waals surface area contributed by atoms with Crippen LogP contribution < -0.4 is 11.1 Å². The fourth-order valence-electron chi connectivity index (χ4n) is 3.97. The van der Waals surface area contributed by atoms with Gasteiger partial charge in [0.15, 0.2) is 5.82 Å². The zero-order valence-corrected chi connectivity index (χ0v) is 19.5. The lowest BCUT2D eigenvalue weighted by molar-refractivity contribution is 0.0934. The normalized spacial score (nSPS) is 11.8. The third-order valence-corrected chi connectivity index (χ3v) is 6.09. The van der Waals surface area contributed by atoms with Crippen molar-refractivity contribution in [2.75, 3.05) is 5.73 Å². The van der Waals surface area contributed by atoms with E-state index in [0.717, 1.165) is 28.1 Å². The first-order chi connectivity index (χ1) is 17.4. The molecule has 1 atom stereocenters. The van der Waals surface area contributed by atoms with Crippen molar-refractivity contribution in [1.29, 1.82) is 5.26 Å². The summed E-state index contributed by atoms with van der Waals surface area (Å²) in [4.78, 5) is 20.8. The Morgan fingerprint density at radius 3 is 2.72 bits per heavy atom. The van der Waals surface area contributed by atoms with Crippen LogP contribution >= 0.6 is 11.6 Å². The second-order valence-corrected chi connectivity index (χ2v) is 8.55. The number of anilines is 1. The number of carbonyl (C=O) groups excluding carboxylic acids is 1. The maximum Gasteiger partial charge on any atom is 0.251 e. The van der Waals surface area contributed by atoms with Gasteiger partial charge in [0.2, 0.25) is 0 Å². The van der Waals surface area contributed by atoms with Crippen molar-refractivity contribution in [3.63, 3.8) is 0 Å². The highest BCUT2D eigenvalue weighted by Gasteiger charge is 2.23. The van der Waals surface area contributed by atoms with Crippen LogP contribution in [0.4, 0.5) is 10.2 Å². The Labute approximate surface area is 209 Å². The molecule has 0 aliphatic heterocycles. The van der Waals surface area contributed by atoms with E-state index in [1.807, 2.05) is 48.5 Å². The van der Waals surface area contributed by atoms with E-state index >= 15 is 0 Å². The predicted molar refractivity (Wildman–Crippen MR) is 135 cm³/mol. The molecule has 3 aromatic carbocycles. The van der Waals surface area contributed by atoms with Gasteiger partial charge in [0, 0.05) is 16.5 Å². The summed E-state index contributed by atoms with van der Waals surface area (Å²) in [6.07, 6.45) is 0.407. The number of amides is 1. The lowest BCUT2D eigenvalue weighted by Gasteiger charge is -2.17. The number of halogens is 2. The van der Waals surface area contributed by atoms with Crippen LogP contribution in [0.1, 0.15) is 33.4 Å². The Morgan fingerprint density at radius 2 is 1.97 bits per heavy atom. The smallest absolute Gasteiger partial charge is 0.251 e. The van der Waals surface area contributed by atoms with Crippen LogP contribution in [-0.4, -0.2) is 26.1 Å². The quantitative estimate of drug-likeness (QED) is 0.263. The van der Waals surface area contributed by atoms with Gasteiger partial charge in [-0.1, -0.05) is 48.0 Å². The van der Waals surface area contributed by atoms with Gasteiger partial charge in [0.05, 0.1) is 17.1 Å². The minimum Gasteiger partial charge on any atom is -0.382 e. The van der Waals surface area contributed by atoms with Gasteiger partial charge in [0.25, 0.3) is 5.91 Å². The number of nitrogens with zero attached hydrogens (tertiary/aromatic N) is 3. The van der Waals surface area contributed by atoms with E-state index in [1.54, 1.807) is 6.07 Å². The zero-order valence-electron chi connectivity index (χ0n) is 18.7. The molecule has 1 unspecified atom stereocenters. The number of nitrogens with one attached hydrogen (secondary N) is 3. The Morgan fingerprint density at radius 1 is 1.17 bits per heavy atom. The Hall–Kier alpha value is -4.68. The molecule has 10 heteroatoms. The SMILES string of the molecule is N#Cc1ccc(C(=O)NC(Cc2ccccc2)c2nc(-c3ccc4c(N)n[nH]c4c3)c(Cl)[nH]2)cc1F. The van der Waals surface area contributed by atoms with Gasteiger partial charge in [-0.15, -0.1) is 0 Å². The van der Waals surface area contributed by atoms with Crippen molar-refractivity contribution >= 4 is 34.2 Å². The first-order valence-electron chi connectivity index (χ1n) is 11.0.